The van der Waals surface area contributed by atoms with E-state index in [9.17, 15) is 0 Å². The minimum atomic E-state index is 0.535. The minimum absolute atomic E-state index is 0.535. The number of pyridine rings is 1. The third-order valence-corrected chi connectivity index (χ3v) is 2.40. The molecule has 0 saturated carbocycles. The van der Waals surface area contributed by atoms with Crippen LogP contribution in [0.15, 0.2) is 36.5 Å². The second-order valence-corrected chi connectivity index (χ2v) is 3.59. The van der Waals surface area contributed by atoms with Gasteiger partial charge in [0.2, 0.25) is 0 Å². The molecule has 2 N–H and O–H groups in total. The molecule has 0 aliphatic rings. The summed E-state index contributed by atoms with van der Waals surface area (Å²) in [6, 6.07) is 8.98. The number of nitrogens with zero attached hydrogens (tertiary/aromatic N) is 1. The number of hydrogen-bond donors (Lipinski definition) is 1. The van der Waals surface area contributed by atoms with E-state index >= 15 is 0 Å². The lowest BCUT2D eigenvalue weighted by atomic mass is 10.2. The first-order valence-electron chi connectivity index (χ1n) is 5.23. The summed E-state index contributed by atoms with van der Waals surface area (Å²) in [5, 5.41) is 0. The van der Waals surface area contributed by atoms with E-state index in [0.717, 1.165) is 5.69 Å². The van der Waals surface area contributed by atoms with Crippen LogP contribution >= 0.6 is 0 Å². The molecular weight excluding hydrogens is 216 g/mol. The van der Waals surface area contributed by atoms with Gasteiger partial charge in [0.25, 0.3) is 0 Å². The Bertz CT molecular complexity index is 527. The fourth-order valence-corrected chi connectivity index (χ4v) is 1.44. The second-order valence-electron chi connectivity index (χ2n) is 3.59. The lowest BCUT2D eigenvalue weighted by molar-refractivity contribution is 0.413. The van der Waals surface area contributed by atoms with Crippen molar-refractivity contribution in [1.29, 1.82) is 0 Å². The highest BCUT2D eigenvalue weighted by atomic mass is 16.5. The van der Waals surface area contributed by atoms with Gasteiger partial charge < -0.3 is 15.2 Å². The van der Waals surface area contributed by atoms with Crippen LogP contribution in [0.5, 0.6) is 17.2 Å². The van der Waals surface area contributed by atoms with E-state index in [4.69, 9.17) is 15.2 Å². The largest absolute Gasteiger partial charge is 0.497 e. The first kappa shape index (κ1) is 11.3. The van der Waals surface area contributed by atoms with E-state index in [2.05, 4.69) is 4.98 Å². The van der Waals surface area contributed by atoms with Gasteiger partial charge in [-0.1, -0.05) is 0 Å². The van der Waals surface area contributed by atoms with Gasteiger partial charge in [-0.05, 0) is 31.2 Å². The van der Waals surface area contributed by atoms with E-state index in [-0.39, 0.29) is 0 Å². The normalized spacial score (nSPS) is 10.0. The van der Waals surface area contributed by atoms with Gasteiger partial charge >= 0.3 is 0 Å². The summed E-state index contributed by atoms with van der Waals surface area (Å²) in [7, 11) is 1.60. The highest BCUT2D eigenvalue weighted by molar-refractivity contribution is 5.57. The maximum atomic E-state index is 5.87. The van der Waals surface area contributed by atoms with Gasteiger partial charge in [-0.2, -0.15) is 0 Å². The number of aryl methyl sites for hydroxylation is 1. The molecular formula is C13H14N2O2. The second kappa shape index (κ2) is 4.74. The number of aromatic nitrogens is 1. The van der Waals surface area contributed by atoms with Crippen molar-refractivity contribution >= 4 is 5.69 Å². The van der Waals surface area contributed by atoms with Crippen LogP contribution in [0.3, 0.4) is 0 Å². The quantitative estimate of drug-likeness (QED) is 0.824. The van der Waals surface area contributed by atoms with Crippen molar-refractivity contribution in [2.45, 2.75) is 6.92 Å². The number of rotatable bonds is 3. The molecule has 4 heteroatoms. The van der Waals surface area contributed by atoms with Crippen molar-refractivity contribution in [2.75, 3.05) is 12.8 Å². The SMILES string of the molecule is COc1ccc(Oc2cccnc2C)c(N)c1. The van der Waals surface area contributed by atoms with Crippen LogP contribution in [0, 0.1) is 6.92 Å². The summed E-state index contributed by atoms with van der Waals surface area (Å²) in [5.41, 5.74) is 7.23. The van der Waals surface area contributed by atoms with Crippen LogP contribution in [0.4, 0.5) is 5.69 Å². The number of nitrogen functional groups attached to an aromatic ring is 1. The maximum Gasteiger partial charge on any atom is 0.150 e. The molecule has 0 radical (unpaired) electrons. The first-order valence-corrected chi connectivity index (χ1v) is 5.23. The number of anilines is 1. The number of hydrogen-bond acceptors (Lipinski definition) is 4. The molecule has 2 rings (SSSR count). The number of ether oxygens (including phenoxy) is 2. The fourth-order valence-electron chi connectivity index (χ4n) is 1.44. The summed E-state index contributed by atoms with van der Waals surface area (Å²) in [6.07, 6.45) is 1.72. The Morgan fingerprint density at radius 1 is 1.18 bits per heavy atom. The average Bonchev–Trinajstić information content (AvgIpc) is 2.34. The summed E-state index contributed by atoms with van der Waals surface area (Å²) >= 11 is 0. The first-order chi connectivity index (χ1) is 8.20. The predicted molar refractivity (Wildman–Crippen MR) is 66.5 cm³/mol. The van der Waals surface area contributed by atoms with Gasteiger partial charge in [0.1, 0.15) is 11.5 Å². The van der Waals surface area contributed by atoms with Crippen molar-refractivity contribution < 1.29 is 9.47 Å². The molecule has 88 valence electrons. The van der Waals surface area contributed by atoms with Crippen LogP contribution in [0.1, 0.15) is 5.69 Å². The third-order valence-electron chi connectivity index (χ3n) is 2.40. The lowest BCUT2D eigenvalue weighted by Gasteiger charge is -2.10. The Morgan fingerprint density at radius 3 is 2.65 bits per heavy atom. The zero-order valence-electron chi connectivity index (χ0n) is 9.81. The van der Waals surface area contributed by atoms with Gasteiger partial charge in [-0.15, -0.1) is 0 Å². The minimum Gasteiger partial charge on any atom is -0.497 e. The van der Waals surface area contributed by atoms with Crippen molar-refractivity contribution in [1.82, 2.24) is 4.98 Å². The molecule has 1 aromatic heterocycles. The van der Waals surface area contributed by atoms with Crippen LogP contribution < -0.4 is 15.2 Å². The third kappa shape index (κ3) is 2.47. The number of nitrogens with two attached hydrogens (primary N) is 1. The van der Waals surface area contributed by atoms with Crippen molar-refractivity contribution in [3.63, 3.8) is 0 Å². The molecule has 0 spiro atoms. The summed E-state index contributed by atoms with van der Waals surface area (Å²) < 4.78 is 10.8. The molecule has 0 saturated heterocycles. The molecule has 0 bridgehead atoms. The topological polar surface area (TPSA) is 57.4 Å². The molecule has 2 aromatic rings. The van der Waals surface area contributed by atoms with E-state index in [1.165, 1.54) is 0 Å². The number of methoxy groups -OCH3 is 1. The summed E-state index contributed by atoms with van der Waals surface area (Å²) in [5.74, 6) is 2.00. The van der Waals surface area contributed by atoms with E-state index < -0.39 is 0 Å². The maximum absolute atomic E-state index is 5.87. The highest BCUT2D eigenvalue weighted by Gasteiger charge is 2.05. The number of benzene rings is 1. The smallest absolute Gasteiger partial charge is 0.150 e. The van der Waals surface area contributed by atoms with E-state index in [0.29, 0.717) is 22.9 Å². The fraction of sp³-hybridized carbons (Fsp3) is 0.154. The molecule has 17 heavy (non-hydrogen) atoms. The van der Waals surface area contributed by atoms with Crippen molar-refractivity contribution in [3.8, 4) is 17.2 Å². The van der Waals surface area contributed by atoms with Gasteiger partial charge in [0.05, 0.1) is 18.5 Å². The molecule has 0 aliphatic carbocycles. The van der Waals surface area contributed by atoms with E-state index in [1.54, 1.807) is 31.5 Å². The summed E-state index contributed by atoms with van der Waals surface area (Å²) in [4.78, 5) is 4.15. The molecule has 0 unspecified atom stereocenters. The van der Waals surface area contributed by atoms with Crippen LogP contribution in [0.2, 0.25) is 0 Å². The Morgan fingerprint density at radius 2 is 2.00 bits per heavy atom. The Balaban J connectivity index is 2.28. The standard InChI is InChI=1S/C13H14N2O2/c1-9-12(4-3-7-15-9)17-13-6-5-10(16-2)8-11(13)14/h3-8H,14H2,1-2H3. The zero-order valence-corrected chi connectivity index (χ0v) is 9.81. The monoisotopic (exact) mass is 230 g/mol. The van der Waals surface area contributed by atoms with Gasteiger partial charge in [-0.25, -0.2) is 0 Å². The van der Waals surface area contributed by atoms with Gasteiger partial charge in [-0.3, -0.25) is 4.98 Å². The zero-order chi connectivity index (χ0) is 12.3. The summed E-state index contributed by atoms with van der Waals surface area (Å²) in [6.45, 7) is 1.88. The lowest BCUT2D eigenvalue weighted by Crippen LogP contribution is -1.95. The van der Waals surface area contributed by atoms with Crippen molar-refractivity contribution in [2.24, 2.45) is 0 Å². The Kier molecular flexibility index (Phi) is 3.14. The Hall–Kier alpha value is -2.23. The molecule has 1 aromatic carbocycles. The van der Waals surface area contributed by atoms with Crippen LogP contribution in [-0.4, -0.2) is 12.1 Å². The van der Waals surface area contributed by atoms with Gasteiger partial charge in [0.15, 0.2) is 5.75 Å². The molecule has 0 fully saturated rings. The Labute approximate surface area is 100 Å². The predicted octanol–water partition coefficient (Wildman–Crippen LogP) is 2.77. The van der Waals surface area contributed by atoms with Crippen LogP contribution in [0.25, 0.3) is 0 Å². The molecule has 0 amide bonds. The van der Waals surface area contributed by atoms with Gasteiger partial charge in [0, 0.05) is 12.3 Å². The molecule has 4 nitrogen and oxygen atoms in total. The van der Waals surface area contributed by atoms with Crippen LogP contribution in [-0.2, 0) is 0 Å². The molecule has 1 heterocycles. The van der Waals surface area contributed by atoms with E-state index in [1.807, 2.05) is 19.1 Å². The molecule has 0 atom stereocenters. The average molecular weight is 230 g/mol. The van der Waals surface area contributed by atoms with Crippen molar-refractivity contribution in [3.05, 3.63) is 42.2 Å². The highest BCUT2D eigenvalue weighted by Crippen LogP contribution is 2.31. The molecule has 0 aliphatic heterocycles.